The summed E-state index contributed by atoms with van der Waals surface area (Å²) in [6.45, 7) is 0. The second-order valence-corrected chi connectivity index (χ2v) is 0.782. The Morgan fingerprint density at radius 3 is 2.25 bits per heavy atom. The molecule has 0 radical (unpaired) electrons. The second kappa shape index (κ2) is 3.22. The fourth-order valence-corrected chi connectivity index (χ4v) is 0. The molecule has 0 fully saturated rings. The van der Waals surface area contributed by atoms with Gasteiger partial charge in [0.1, 0.15) is 0 Å². The second-order valence-electron chi connectivity index (χ2n) is 0.180. The Balaban J connectivity index is 2.30. The Labute approximate surface area is 37.3 Å². The van der Waals surface area contributed by atoms with Gasteiger partial charge in [0.15, 0.2) is 0 Å². The molecule has 0 saturated carbocycles. The summed E-state index contributed by atoms with van der Waals surface area (Å²) >= 11 is 0.461. The van der Waals surface area contributed by atoms with Gasteiger partial charge in [-0.3, -0.25) is 0 Å². The molecule has 0 amide bonds. The van der Waals surface area contributed by atoms with Crippen LogP contribution in [0.3, 0.4) is 0 Å². The van der Waals surface area contributed by atoms with Crippen molar-refractivity contribution in [3.63, 3.8) is 0 Å². The molecule has 0 aliphatic rings. The van der Waals surface area contributed by atoms with Crippen LogP contribution in [0.15, 0.2) is 5.34 Å². The molecule has 0 spiro atoms. The van der Waals surface area contributed by atoms with Crippen molar-refractivity contribution in [2.75, 3.05) is 0 Å². The first kappa shape index (κ1) is 4.22. The van der Waals surface area contributed by atoms with Gasteiger partial charge in [-0.05, 0) is 0 Å². The Hall–Kier alpha value is 0.218. The van der Waals surface area contributed by atoms with Crippen molar-refractivity contribution in [2.45, 2.75) is 0 Å². The molecule has 0 aliphatic carbocycles. The van der Waals surface area contributed by atoms with Crippen LogP contribution >= 0.6 is 0 Å². The summed E-state index contributed by atoms with van der Waals surface area (Å²) in [5.41, 5.74) is 0. The minimum atomic E-state index is 0.461. The molecular formula is H2NO2Sb. The zero-order valence-corrected chi connectivity index (χ0v) is 5.14. The van der Waals surface area contributed by atoms with Crippen LogP contribution in [0, 0.1) is 4.91 Å². The SMILES string of the molecule is O=N[O][SbH2]. The van der Waals surface area contributed by atoms with Crippen LogP contribution in [0.1, 0.15) is 0 Å². The molecule has 0 aromatic heterocycles. The van der Waals surface area contributed by atoms with Crippen LogP contribution in [0.25, 0.3) is 0 Å². The topological polar surface area (TPSA) is 38.7 Å². The van der Waals surface area contributed by atoms with E-state index in [4.69, 9.17) is 4.91 Å². The first-order valence-corrected chi connectivity index (χ1v) is 1.95. The van der Waals surface area contributed by atoms with E-state index in [1.165, 1.54) is 0 Å². The fourth-order valence-electron chi connectivity index (χ4n) is 0. The summed E-state index contributed by atoms with van der Waals surface area (Å²) in [6.07, 6.45) is 0. The van der Waals surface area contributed by atoms with E-state index in [1.54, 1.807) is 0 Å². The van der Waals surface area contributed by atoms with Crippen LogP contribution in [-0.4, -0.2) is 23.4 Å². The maximum atomic E-state index is 8.73. The number of hydrogen-bond donors (Lipinski definition) is 0. The van der Waals surface area contributed by atoms with Gasteiger partial charge in [-0.25, -0.2) is 0 Å². The van der Waals surface area contributed by atoms with Crippen molar-refractivity contribution in [2.24, 2.45) is 5.34 Å². The van der Waals surface area contributed by atoms with Crippen molar-refractivity contribution in [3.05, 3.63) is 4.91 Å². The molecule has 0 saturated heterocycles. The molecule has 0 aromatic carbocycles. The summed E-state index contributed by atoms with van der Waals surface area (Å²) in [4.78, 5) is 8.73. The van der Waals surface area contributed by atoms with E-state index in [9.17, 15) is 0 Å². The molecular weight excluding hydrogens is 168 g/mol. The average Bonchev–Trinajstić information content (AvgIpc) is 1.37. The van der Waals surface area contributed by atoms with Gasteiger partial charge in [0.25, 0.3) is 0 Å². The van der Waals surface area contributed by atoms with Crippen LogP contribution in [0.2, 0.25) is 0 Å². The average molecular weight is 170 g/mol. The normalized spacial score (nSPS) is 5.25. The Bertz CT molecular complexity index is 20.0. The predicted molar refractivity (Wildman–Crippen MR) is 15.4 cm³/mol. The van der Waals surface area contributed by atoms with E-state index in [0.717, 1.165) is 0 Å². The third kappa shape index (κ3) is 2.22. The molecule has 4 heteroatoms. The fraction of sp³-hybridized carbons (Fsp3) is 0. The zero-order valence-electron chi connectivity index (χ0n) is 1.84. The van der Waals surface area contributed by atoms with Crippen molar-refractivity contribution in [3.8, 4) is 0 Å². The van der Waals surface area contributed by atoms with Gasteiger partial charge in [0.05, 0.1) is 0 Å². The van der Waals surface area contributed by atoms with E-state index in [2.05, 4.69) is 3.12 Å². The predicted octanol–water partition coefficient (Wildman–Crippen LogP) is -0.768. The third-order valence-electron chi connectivity index (χ3n) is 0.0430. The van der Waals surface area contributed by atoms with E-state index in [0.29, 0.717) is 23.4 Å². The summed E-state index contributed by atoms with van der Waals surface area (Å²) in [5, 5.41) is 2.04. The van der Waals surface area contributed by atoms with Gasteiger partial charge in [0, 0.05) is 0 Å². The van der Waals surface area contributed by atoms with Gasteiger partial charge in [0.2, 0.25) is 0 Å². The van der Waals surface area contributed by atoms with Gasteiger partial charge >= 0.3 is 36.8 Å². The van der Waals surface area contributed by atoms with Gasteiger partial charge < -0.3 is 0 Å². The first-order valence-electron chi connectivity index (χ1n) is 0.601. The summed E-state index contributed by atoms with van der Waals surface area (Å²) in [6, 6.07) is 0. The Morgan fingerprint density at radius 2 is 2.25 bits per heavy atom. The minimum absolute atomic E-state index is 0.461. The van der Waals surface area contributed by atoms with Crippen molar-refractivity contribution >= 4 is 23.4 Å². The van der Waals surface area contributed by atoms with Gasteiger partial charge in [-0.15, -0.1) is 0 Å². The molecule has 24 valence electrons. The molecule has 0 bridgehead atoms. The van der Waals surface area contributed by atoms with Crippen molar-refractivity contribution in [1.82, 2.24) is 0 Å². The Kier molecular flexibility index (Phi) is 3.39. The monoisotopic (exact) mass is 169 g/mol. The van der Waals surface area contributed by atoms with E-state index in [-0.39, 0.29) is 0 Å². The van der Waals surface area contributed by atoms with Crippen LogP contribution in [-0.2, 0) is 3.12 Å². The summed E-state index contributed by atoms with van der Waals surface area (Å²) in [5.74, 6) is 0. The molecule has 0 unspecified atom stereocenters. The van der Waals surface area contributed by atoms with Crippen molar-refractivity contribution < 1.29 is 3.12 Å². The van der Waals surface area contributed by atoms with Gasteiger partial charge in [-0.1, -0.05) is 0 Å². The summed E-state index contributed by atoms with van der Waals surface area (Å²) < 4.78 is 3.74. The molecule has 0 aliphatic heterocycles. The molecule has 3 nitrogen and oxygen atoms in total. The molecule has 0 atom stereocenters. The molecule has 0 N–H and O–H groups in total. The molecule has 4 heavy (non-hydrogen) atoms. The number of rotatable bonds is 1. The van der Waals surface area contributed by atoms with E-state index in [1.807, 2.05) is 5.34 Å². The standard InChI is InChI=1S/HNO2.Sb.2H/c2-1-3;;;/h(H,2,3);;;/q;+1;;/p-1. The summed E-state index contributed by atoms with van der Waals surface area (Å²) in [7, 11) is 0. The third-order valence-corrected chi connectivity index (χ3v) is 0.289. The number of hydrogen-bond acceptors (Lipinski definition) is 3. The van der Waals surface area contributed by atoms with Crippen LogP contribution in [0.4, 0.5) is 0 Å². The number of nitrogens with zero attached hydrogens (tertiary/aromatic N) is 1. The maximum absolute atomic E-state index is 8.73. The first-order chi connectivity index (χ1) is 1.91. The van der Waals surface area contributed by atoms with E-state index >= 15 is 0 Å². The zero-order chi connectivity index (χ0) is 3.41. The van der Waals surface area contributed by atoms with Crippen molar-refractivity contribution in [1.29, 1.82) is 0 Å². The molecule has 0 aromatic rings. The molecule has 0 rings (SSSR count). The van der Waals surface area contributed by atoms with E-state index < -0.39 is 0 Å². The quantitative estimate of drug-likeness (QED) is 0.294. The Morgan fingerprint density at radius 1 is 2.00 bits per heavy atom. The molecule has 0 heterocycles. The van der Waals surface area contributed by atoms with Crippen LogP contribution < -0.4 is 0 Å². The van der Waals surface area contributed by atoms with Gasteiger partial charge in [-0.2, -0.15) is 0 Å². The van der Waals surface area contributed by atoms with Crippen LogP contribution in [0.5, 0.6) is 0 Å².